The van der Waals surface area contributed by atoms with Gasteiger partial charge in [-0.2, -0.15) is 0 Å². The number of carbonyl (C=O) groups excluding carboxylic acids is 1. The fourth-order valence-corrected chi connectivity index (χ4v) is 2.83. The predicted molar refractivity (Wildman–Crippen MR) is 89.4 cm³/mol. The van der Waals surface area contributed by atoms with Crippen LogP contribution < -0.4 is 0 Å². The number of aryl methyl sites for hydroxylation is 1. The highest BCUT2D eigenvalue weighted by Gasteiger charge is 2.36. The zero-order valence-corrected chi connectivity index (χ0v) is 14.6. The van der Waals surface area contributed by atoms with Gasteiger partial charge < -0.3 is 9.15 Å². The minimum Gasteiger partial charge on any atom is -0.444 e. The van der Waals surface area contributed by atoms with E-state index in [1.807, 2.05) is 52.0 Å². The number of likely N-dealkylation sites (tertiary alicyclic amines) is 1. The highest BCUT2D eigenvalue weighted by molar-refractivity contribution is 5.69. The van der Waals surface area contributed by atoms with E-state index >= 15 is 0 Å². The average Bonchev–Trinajstić information content (AvgIpc) is 3.14. The van der Waals surface area contributed by atoms with Crippen molar-refractivity contribution in [2.75, 3.05) is 6.54 Å². The van der Waals surface area contributed by atoms with E-state index < -0.39 is 5.60 Å². The molecule has 24 heavy (non-hydrogen) atoms. The molecular formula is C18H23N3O3. The molecule has 0 saturated carbocycles. The van der Waals surface area contributed by atoms with Crippen molar-refractivity contribution in [1.82, 2.24) is 15.1 Å². The van der Waals surface area contributed by atoms with Crippen LogP contribution in [0, 0.1) is 6.92 Å². The molecule has 1 atom stereocenters. The lowest BCUT2D eigenvalue weighted by Crippen LogP contribution is -2.36. The summed E-state index contributed by atoms with van der Waals surface area (Å²) in [4.78, 5) is 14.1. The highest BCUT2D eigenvalue weighted by Crippen LogP contribution is 2.33. The third-order valence-electron chi connectivity index (χ3n) is 3.87. The van der Waals surface area contributed by atoms with Gasteiger partial charge in [0.1, 0.15) is 11.6 Å². The van der Waals surface area contributed by atoms with E-state index in [2.05, 4.69) is 10.2 Å². The van der Waals surface area contributed by atoms with Gasteiger partial charge in [0.15, 0.2) is 0 Å². The number of hydrogen-bond donors (Lipinski definition) is 0. The number of amides is 1. The maximum atomic E-state index is 12.4. The zero-order valence-electron chi connectivity index (χ0n) is 14.6. The molecule has 1 aliphatic heterocycles. The molecule has 1 aliphatic rings. The third-order valence-corrected chi connectivity index (χ3v) is 3.87. The van der Waals surface area contributed by atoms with Crippen LogP contribution in [-0.4, -0.2) is 33.3 Å². The van der Waals surface area contributed by atoms with E-state index in [9.17, 15) is 4.79 Å². The molecule has 0 bridgehead atoms. The van der Waals surface area contributed by atoms with Gasteiger partial charge in [0.25, 0.3) is 0 Å². The van der Waals surface area contributed by atoms with Crippen molar-refractivity contribution in [3.8, 4) is 11.5 Å². The van der Waals surface area contributed by atoms with Crippen molar-refractivity contribution in [3.05, 3.63) is 35.7 Å². The van der Waals surface area contributed by atoms with Gasteiger partial charge in [-0.15, -0.1) is 10.2 Å². The highest BCUT2D eigenvalue weighted by atomic mass is 16.6. The Balaban J connectivity index is 1.80. The van der Waals surface area contributed by atoms with E-state index in [1.165, 1.54) is 0 Å². The summed E-state index contributed by atoms with van der Waals surface area (Å²) >= 11 is 0. The van der Waals surface area contributed by atoms with Gasteiger partial charge in [-0.25, -0.2) is 4.79 Å². The number of carbonyl (C=O) groups is 1. The standard InChI is InChI=1S/C18H23N3O3/c1-12-7-5-8-13(11-12)15-19-20-16(23-15)14-9-6-10-21(14)17(22)24-18(2,3)4/h5,7-8,11,14H,6,9-10H2,1-4H3. The summed E-state index contributed by atoms with van der Waals surface area (Å²) in [6, 6.07) is 7.69. The number of nitrogens with zero attached hydrogens (tertiary/aromatic N) is 3. The fraction of sp³-hybridized carbons (Fsp3) is 0.500. The second-order valence-electron chi connectivity index (χ2n) is 7.15. The number of hydrogen-bond acceptors (Lipinski definition) is 5. The molecule has 0 aliphatic carbocycles. The number of rotatable bonds is 2. The molecule has 1 amide bonds. The van der Waals surface area contributed by atoms with Crippen LogP contribution in [0.2, 0.25) is 0 Å². The Morgan fingerprint density at radius 3 is 2.83 bits per heavy atom. The molecule has 1 aromatic heterocycles. The molecule has 0 N–H and O–H groups in total. The Morgan fingerprint density at radius 1 is 1.33 bits per heavy atom. The minimum atomic E-state index is -0.522. The Hall–Kier alpha value is -2.37. The normalized spacial score (nSPS) is 18.0. The van der Waals surface area contributed by atoms with E-state index in [0.29, 0.717) is 18.3 Å². The van der Waals surface area contributed by atoms with Crippen LogP contribution in [0.4, 0.5) is 4.79 Å². The van der Waals surface area contributed by atoms with Crippen molar-refractivity contribution in [1.29, 1.82) is 0 Å². The zero-order chi connectivity index (χ0) is 17.3. The molecule has 2 heterocycles. The van der Waals surface area contributed by atoms with E-state index in [1.54, 1.807) is 4.90 Å². The third kappa shape index (κ3) is 3.58. The van der Waals surface area contributed by atoms with Crippen molar-refractivity contribution in [2.45, 2.75) is 52.2 Å². The molecular weight excluding hydrogens is 306 g/mol. The van der Waals surface area contributed by atoms with Gasteiger partial charge in [-0.05, 0) is 52.7 Å². The monoisotopic (exact) mass is 329 g/mol. The molecule has 2 aromatic rings. The molecule has 3 rings (SSSR count). The Labute approximate surface area is 141 Å². The topological polar surface area (TPSA) is 68.5 Å². The maximum Gasteiger partial charge on any atom is 0.410 e. The largest absolute Gasteiger partial charge is 0.444 e. The van der Waals surface area contributed by atoms with Crippen LogP contribution in [0.15, 0.2) is 28.7 Å². The molecule has 1 aromatic carbocycles. The predicted octanol–water partition coefficient (Wildman–Crippen LogP) is 4.12. The van der Waals surface area contributed by atoms with Crippen molar-refractivity contribution in [2.24, 2.45) is 0 Å². The molecule has 128 valence electrons. The quantitative estimate of drug-likeness (QED) is 0.829. The fourth-order valence-electron chi connectivity index (χ4n) is 2.83. The summed E-state index contributed by atoms with van der Waals surface area (Å²) < 4.78 is 11.3. The lowest BCUT2D eigenvalue weighted by Gasteiger charge is -2.27. The van der Waals surface area contributed by atoms with Crippen molar-refractivity contribution >= 4 is 6.09 Å². The first kappa shape index (κ1) is 16.5. The van der Waals surface area contributed by atoms with Crippen molar-refractivity contribution < 1.29 is 13.9 Å². The summed E-state index contributed by atoms with van der Waals surface area (Å²) in [5.41, 5.74) is 1.49. The van der Waals surface area contributed by atoms with Crippen LogP contribution in [0.1, 0.15) is 51.1 Å². The van der Waals surface area contributed by atoms with E-state index in [0.717, 1.165) is 24.0 Å². The first-order valence-electron chi connectivity index (χ1n) is 8.23. The first-order chi connectivity index (χ1) is 11.3. The molecule has 1 fully saturated rings. The molecule has 1 unspecified atom stereocenters. The Bertz CT molecular complexity index is 733. The minimum absolute atomic E-state index is 0.217. The van der Waals surface area contributed by atoms with Crippen LogP contribution in [0.3, 0.4) is 0 Å². The second-order valence-corrected chi connectivity index (χ2v) is 7.15. The Morgan fingerprint density at radius 2 is 2.12 bits per heavy atom. The summed E-state index contributed by atoms with van der Waals surface area (Å²) in [5, 5.41) is 8.31. The SMILES string of the molecule is Cc1cccc(-c2nnc(C3CCCN3C(=O)OC(C)(C)C)o2)c1. The molecule has 1 saturated heterocycles. The molecule has 6 nitrogen and oxygen atoms in total. The number of benzene rings is 1. The van der Waals surface area contributed by atoms with Gasteiger partial charge in [0.2, 0.25) is 11.8 Å². The van der Waals surface area contributed by atoms with E-state index in [4.69, 9.17) is 9.15 Å². The molecule has 0 radical (unpaired) electrons. The van der Waals surface area contributed by atoms with Gasteiger partial charge in [-0.1, -0.05) is 17.7 Å². The van der Waals surface area contributed by atoms with Gasteiger partial charge in [-0.3, -0.25) is 4.90 Å². The van der Waals surface area contributed by atoms with Crippen LogP contribution in [-0.2, 0) is 4.74 Å². The van der Waals surface area contributed by atoms with Crippen LogP contribution >= 0.6 is 0 Å². The lowest BCUT2D eigenvalue weighted by molar-refractivity contribution is 0.0204. The number of aromatic nitrogens is 2. The Kier molecular flexibility index (Phi) is 4.30. The van der Waals surface area contributed by atoms with Gasteiger partial charge >= 0.3 is 6.09 Å². The summed E-state index contributed by atoms with van der Waals surface area (Å²) in [5.74, 6) is 0.944. The lowest BCUT2D eigenvalue weighted by atomic mass is 10.1. The maximum absolute atomic E-state index is 12.4. The van der Waals surface area contributed by atoms with Crippen LogP contribution in [0.25, 0.3) is 11.5 Å². The first-order valence-corrected chi connectivity index (χ1v) is 8.23. The summed E-state index contributed by atoms with van der Waals surface area (Å²) in [6.45, 7) is 8.24. The second kappa shape index (κ2) is 6.26. The molecule has 6 heteroatoms. The molecule has 0 spiro atoms. The van der Waals surface area contributed by atoms with Gasteiger partial charge in [0, 0.05) is 12.1 Å². The van der Waals surface area contributed by atoms with E-state index in [-0.39, 0.29) is 12.1 Å². The smallest absolute Gasteiger partial charge is 0.410 e. The van der Waals surface area contributed by atoms with Crippen LogP contribution in [0.5, 0.6) is 0 Å². The van der Waals surface area contributed by atoms with Crippen molar-refractivity contribution in [3.63, 3.8) is 0 Å². The average molecular weight is 329 g/mol. The van der Waals surface area contributed by atoms with Gasteiger partial charge in [0.05, 0.1) is 0 Å². The summed E-state index contributed by atoms with van der Waals surface area (Å²) in [6.07, 6.45) is 1.36. The number of ether oxygens (including phenoxy) is 1. The summed E-state index contributed by atoms with van der Waals surface area (Å²) in [7, 11) is 0.